The summed E-state index contributed by atoms with van der Waals surface area (Å²) in [7, 11) is 0. The first kappa shape index (κ1) is 20.8. The van der Waals surface area contributed by atoms with E-state index in [1.54, 1.807) is 38.1 Å². The topological polar surface area (TPSA) is 82.1 Å². The molecular formula is C19H23NO6S. The van der Waals surface area contributed by atoms with Crippen molar-refractivity contribution < 1.29 is 28.6 Å². The van der Waals surface area contributed by atoms with E-state index in [1.807, 2.05) is 13.8 Å². The zero-order valence-electron chi connectivity index (χ0n) is 15.8. The quantitative estimate of drug-likeness (QED) is 0.494. The van der Waals surface area contributed by atoms with Crippen molar-refractivity contribution in [3.05, 3.63) is 28.7 Å². The molecule has 2 rings (SSSR count). The minimum Gasteiger partial charge on any atom is -0.490 e. The van der Waals surface area contributed by atoms with Gasteiger partial charge in [0.25, 0.3) is 11.1 Å². The Morgan fingerprint density at radius 1 is 1.15 bits per heavy atom. The van der Waals surface area contributed by atoms with Gasteiger partial charge in [-0.2, -0.15) is 0 Å². The molecule has 27 heavy (non-hydrogen) atoms. The Balaban J connectivity index is 2.19. The average molecular weight is 393 g/mol. The molecule has 0 atom stereocenters. The summed E-state index contributed by atoms with van der Waals surface area (Å²) in [6, 6.07) is 5.27. The van der Waals surface area contributed by atoms with E-state index in [0.29, 0.717) is 30.3 Å². The van der Waals surface area contributed by atoms with E-state index >= 15 is 0 Å². The van der Waals surface area contributed by atoms with Crippen molar-refractivity contribution in [2.24, 2.45) is 0 Å². The maximum absolute atomic E-state index is 12.5. The predicted molar refractivity (Wildman–Crippen MR) is 103 cm³/mol. The summed E-state index contributed by atoms with van der Waals surface area (Å²) < 4.78 is 16.1. The number of carbonyl (C=O) groups is 3. The van der Waals surface area contributed by atoms with Crippen molar-refractivity contribution in [3.63, 3.8) is 0 Å². The lowest BCUT2D eigenvalue weighted by molar-refractivity contribution is -0.149. The highest BCUT2D eigenvalue weighted by molar-refractivity contribution is 8.18. The zero-order chi connectivity index (χ0) is 20.0. The molecule has 1 aromatic carbocycles. The molecule has 0 unspecified atom stereocenters. The first-order valence-corrected chi connectivity index (χ1v) is 9.51. The Kier molecular flexibility index (Phi) is 7.29. The Morgan fingerprint density at radius 2 is 1.81 bits per heavy atom. The van der Waals surface area contributed by atoms with Crippen LogP contribution in [-0.4, -0.2) is 47.9 Å². The van der Waals surface area contributed by atoms with Crippen LogP contribution in [0, 0.1) is 0 Å². The fourth-order valence-electron chi connectivity index (χ4n) is 2.37. The number of imide groups is 1. The van der Waals surface area contributed by atoms with E-state index in [4.69, 9.17) is 14.2 Å². The normalized spacial score (nSPS) is 15.6. The van der Waals surface area contributed by atoms with E-state index < -0.39 is 23.7 Å². The lowest BCUT2D eigenvalue weighted by Crippen LogP contribution is -2.35. The fraction of sp³-hybridized carbons (Fsp3) is 0.421. The van der Waals surface area contributed by atoms with Gasteiger partial charge >= 0.3 is 5.97 Å². The van der Waals surface area contributed by atoms with Crippen LogP contribution in [0.1, 0.15) is 33.3 Å². The molecule has 0 spiro atoms. The van der Waals surface area contributed by atoms with Gasteiger partial charge in [0.2, 0.25) is 0 Å². The van der Waals surface area contributed by atoms with E-state index in [-0.39, 0.29) is 11.0 Å². The second kappa shape index (κ2) is 9.45. The molecule has 1 saturated heterocycles. The number of hydrogen-bond donors (Lipinski definition) is 0. The number of carbonyl (C=O) groups excluding carboxylic acids is 3. The molecule has 2 amide bonds. The van der Waals surface area contributed by atoms with Gasteiger partial charge in [0.05, 0.1) is 24.2 Å². The maximum Gasteiger partial charge on any atom is 0.326 e. The van der Waals surface area contributed by atoms with Gasteiger partial charge in [0.15, 0.2) is 11.5 Å². The summed E-state index contributed by atoms with van der Waals surface area (Å²) in [5, 5.41) is -0.497. The Labute approximate surface area is 162 Å². The van der Waals surface area contributed by atoms with Crippen LogP contribution < -0.4 is 9.47 Å². The summed E-state index contributed by atoms with van der Waals surface area (Å²) >= 11 is 0.790. The van der Waals surface area contributed by atoms with Gasteiger partial charge < -0.3 is 14.2 Å². The standard InChI is InChI=1S/C19H23NO6S/c1-5-24-14-8-7-13(9-15(14)25-6-2)10-16-18(22)20(19(23)27-16)11-17(21)26-12(3)4/h7-10,12H,5-6,11H2,1-4H3. The highest BCUT2D eigenvalue weighted by Gasteiger charge is 2.36. The van der Waals surface area contributed by atoms with Gasteiger partial charge in [-0.1, -0.05) is 6.07 Å². The third kappa shape index (κ3) is 5.50. The highest BCUT2D eigenvalue weighted by Crippen LogP contribution is 2.34. The predicted octanol–water partition coefficient (Wildman–Crippen LogP) is 3.47. The highest BCUT2D eigenvalue weighted by atomic mass is 32.2. The molecule has 8 heteroatoms. The van der Waals surface area contributed by atoms with Crippen LogP contribution in [0.3, 0.4) is 0 Å². The van der Waals surface area contributed by atoms with Gasteiger partial charge in [0.1, 0.15) is 6.54 Å². The molecule has 0 radical (unpaired) electrons. The second-order valence-electron chi connectivity index (χ2n) is 5.88. The fourth-order valence-corrected chi connectivity index (χ4v) is 3.21. The molecule has 0 bridgehead atoms. The van der Waals surface area contributed by atoms with Crippen LogP contribution in [0.25, 0.3) is 6.08 Å². The van der Waals surface area contributed by atoms with Crippen molar-refractivity contribution in [3.8, 4) is 11.5 Å². The van der Waals surface area contributed by atoms with Gasteiger partial charge in [-0.15, -0.1) is 0 Å². The lowest BCUT2D eigenvalue weighted by Gasteiger charge is -2.13. The second-order valence-corrected chi connectivity index (χ2v) is 6.87. The zero-order valence-corrected chi connectivity index (χ0v) is 16.6. The van der Waals surface area contributed by atoms with Crippen molar-refractivity contribution in [1.29, 1.82) is 0 Å². The molecule has 0 aliphatic carbocycles. The Bertz CT molecular complexity index is 759. The SMILES string of the molecule is CCOc1ccc(C=C2SC(=O)N(CC(=O)OC(C)C)C2=O)cc1OCC. The maximum atomic E-state index is 12.5. The number of esters is 1. The van der Waals surface area contributed by atoms with Crippen molar-refractivity contribution in [2.75, 3.05) is 19.8 Å². The van der Waals surface area contributed by atoms with Crippen LogP contribution in [0.4, 0.5) is 4.79 Å². The molecule has 1 fully saturated rings. The van der Waals surface area contributed by atoms with Crippen molar-refractivity contribution >= 4 is 35.0 Å². The van der Waals surface area contributed by atoms with Crippen LogP contribution >= 0.6 is 11.8 Å². The molecule has 1 aliphatic rings. The number of benzene rings is 1. The summed E-state index contributed by atoms with van der Waals surface area (Å²) in [4.78, 5) is 37.4. The van der Waals surface area contributed by atoms with Crippen LogP contribution in [0.15, 0.2) is 23.1 Å². The molecule has 146 valence electrons. The number of ether oxygens (including phenoxy) is 3. The minimum atomic E-state index is -0.617. The first-order valence-electron chi connectivity index (χ1n) is 8.70. The number of nitrogens with zero attached hydrogens (tertiary/aromatic N) is 1. The van der Waals surface area contributed by atoms with Gasteiger partial charge in [-0.3, -0.25) is 19.3 Å². The van der Waals surface area contributed by atoms with Gasteiger partial charge in [-0.25, -0.2) is 0 Å². The molecule has 0 aromatic heterocycles. The van der Waals surface area contributed by atoms with Crippen molar-refractivity contribution in [1.82, 2.24) is 4.90 Å². The lowest BCUT2D eigenvalue weighted by atomic mass is 10.2. The number of amides is 2. The van der Waals surface area contributed by atoms with E-state index in [0.717, 1.165) is 16.7 Å². The molecule has 0 N–H and O–H groups in total. The molecule has 1 aromatic rings. The minimum absolute atomic E-state index is 0.240. The van der Waals surface area contributed by atoms with Crippen LogP contribution in [0.2, 0.25) is 0 Å². The molecule has 7 nitrogen and oxygen atoms in total. The van der Waals surface area contributed by atoms with Crippen LogP contribution in [0.5, 0.6) is 11.5 Å². The van der Waals surface area contributed by atoms with E-state index in [1.165, 1.54) is 0 Å². The average Bonchev–Trinajstić information content (AvgIpc) is 2.84. The van der Waals surface area contributed by atoms with E-state index in [9.17, 15) is 14.4 Å². The summed E-state index contributed by atoms with van der Waals surface area (Å²) in [5.41, 5.74) is 0.692. The third-order valence-corrected chi connectivity index (χ3v) is 4.30. The van der Waals surface area contributed by atoms with E-state index in [2.05, 4.69) is 0 Å². The van der Waals surface area contributed by atoms with Gasteiger partial charge in [0, 0.05) is 0 Å². The molecule has 0 saturated carbocycles. The molecular weight excluding hydrogens is 370 g/mol. The summed E-state index contributed by atoms with van der Waals surface area (Å²) in [6.07, 6.45) is 1.28. The van der Waals surface area contributed by atoms with Crippen LogP contribution in [-0.2, 0) is 14.3 Å². The largest absolute Gasteiger partial charge is 0.490 e. The molecule has 1 aliphatic heterocycles. The number of thioether (sulfide) groups is 1. The Morgan fingerprint density at radius 3 is 2.44 bits per heavy atom. The molecule has 1 heterocycles. The Hall–Kier alpha value is -2.48. The van der Waals surface area contributed by atoms with Crippen molar-refractivity contribution in [2.45, 2.75) is 33.8 Å². The summed E-state index contributed by atoms with van der Waals surface area (Å²) in [5.74, 6) is 0.0414. The number of hydrogen-bond acceptors (Lipinski definition) is 7. The smallest absolute Gasteiger partial charge is 0.326 e. The monoisotopic (exact) mass is 393 g/mol. The first-order chi connectivity index (χ1) is 12.8. The third-order valence-electron chi connectivity index (χ3n) is 3.39. The summed E-state index contributed by atoms with van der Waals surface area (Å²) in [6.45, 7) is 7.73. The van der Waals surface area contributed by atoms with Gasteiger partial charge in [-0.05, 0) is 63.2 Å². The number of rotatable bonds is 8.